The molecule has 1 fully saturated rings. The smallest absolute Gasteiger partial charge is 0.270 e. The number of anilines is 1. The molecule has 2 aromatic heterocycles. The van der Waals surface area contributed by atoms with E-state index in [0.29, 0.717) is 22.9 Å². The molecule has 2 heterocycles. The average Bonchev–Trinajstić information content (AvgIpc) is 3.34. The van der Waals surface area contributed by atoms with Gasteiger partial charge in [-0.1, -0.05) is 23.7 Å². The lowest BCUT2D eigenvalue weighted by Crippen LogP contribution is -2.50. The summed E-state index contributed by atoms with van der Waals surface area (Å²) < 4.78 is 29.1. The van der Waals surface area contributed by atoms with E-state index in [2.05, 4.69) is 20.7 Å². The van der Waals surface area contributed by atoms with Gasteiger partial charge in [-0.15, -0.1) is 0 Å². The maximum absolute atomic E-state index is 13.8. The van der Waals surface area contributed by atoms with E-state index >= 15 is 0 Å². The third kappa shape index (κ3) is 5.90. The molecule has 1 aromatic carbocycles. The second-order valence-corrected chi connectivity index (χ2v) is 9.47. The number of carbonyl (C=O) groups is 2. The van der Waals surface area contributed by atoms with Gasteiger partial charge in [0.2, 0.25) is 11.8 Å². The number of alkyl halides is 2. The van der Waals surface area contributed by atoms with Crippen LogP contribution in [-0.2, 0) is 11.3 Å². The highest BCUT2D eigenvalue weighted by Crippen LogP contribution is 2.38. The van der Waals surface area contributed by atoms with Gasteiger partial charge in [-0.2, -0.15) is 5.10 Å². The van der Waals surface area contributed by atoms with Crippen molar-refractivity contribution in [3.05, 3.63) is 65.2 Å². The summed E-state index contributed by atoms with van der Waals surface area (Å²) in [6, 6.07) is 9.58. The summed E-state index contributed by atoms with van der Waals surface area (Å²) in [6.07, 6.45) is 2.74. The van der Waals surface area contributed by atoms with E-state index in [1.807, 2.05) is 32.0 Å². The van der Waals surface area contributed by atoms with Crippen molar-refractivity contribution in [2.45, 2.75) is 58.0 Å². The Hall–Kier alpha value is -3.33. The Morgan fingerprint density at radius 2 is 1.89 bits per heavy atom. The molecule has 10 heteroatoms. The van der Waals surface area contributed by atoms with Gasteiger partial charge >= 0.3 is 0 Å². The van der Waals surface area contributed by atoms with E-state index in [1.54, 1.807) is 24.4 Å². The van der Waals surface area contributed by atoms with Gasteiger partial charge in [-0.25, -0.2) is 8.78 Å². The van der Waals surface area contributed by atoms with Crippen LogP contribution in [0.25, 0.3) is 11.1 Å². The molecule has 190 valence electrons. The Balaban J connectivity index is 1.52. The first-order chi connectivity index (χ1) is 17.2. The largest absolute Gasteiger partial charge is 0.339 e. The minimum atomic E-state index is -2.74. The maximum atomic E-state index is 13.8. The number of carbonyl (C=O) groups excluding carboxylic acids is 2. The first kappa shape index (κ1) is 25.8. The van der Waals surface area contributed by atoms with E-state index in [9.17, 15) is 18.4 Å². The van der Waals surface area contributed by atoms with Crippen LogP contribution in [0.5, 0.6) is 0 Å². The summed E-state index contributed by atoms with van der Waals surface area (Å²) in [5.74, 6) is -4.07. The lowest BCUT2D eigenvalue weighted by molar-refractivity contribution is -0.121. The Bertz CT molecular complexity index is 1240. The van der Waals surface area contributed by atoms with Crippen LogP contribution < -0.4 is 10.6 Å². The Morgan fingerprint density at radius 3 is 2.56 bits per heavy atom. The van der Waals surface area contributed by atoms with Crippen LogP contribution in [0.4, 0.5) is 14.5 Å². The van der Waals surface area contributed by atoms with Crippen LogP contribution in [0.1, 0.15) is 48.8 Å². The molecule has 0 radical (unpaired) electrons. The lowest BCUT2D eigenvalue weighted by Gasteiger charge is -2.33. The molecule has 1 atom stereocenters. The fraction of sp³-hybridized carbons (Fsp3) is 0.385. The van der Waals surface area contributed by atoms with Gasteiger partial charge in [-0.3, -0.25) is 19.3 Å². The van der Waals surface area contributed by atoms with Crippen molar-refractivity contribution < 1.29 is 18.4 Å². The van der Waals surface area contributed by atoms with E-state index in [-0.39, 0.29) is 25.7 Å². The second-order valence-electron chi connectivity index (χ2n) is 9.03. The number of halogens is 3. The van der Waals surface area contributed by atoms with Crippen molar-refractivity contribution in [1.29, 1.82) is 0 Å². The number of nitrogens with one attached hydrogen (secondary N) is 2. The van der Waals surface area contributed by atoms with Gasteiger partial charge in [0.15, 0.2) is 0 Å². The molecule has 1 saturated carbocycles. The number of rotatable bonds is 7. The molecule has 36 heavy (non-hydrogen) atoms. The molecule has 0 aliphatic heterocycles. The SMILES string of the molecule is CCn1nccc1C(=O)NC(C(=O)Nc1ccc(-c2cc(Cl)cnc2C)cc1)C1CCC(F)(F)CC1. The minimum absolute atomic E-state index is 0.137. The van der Waals surface area contributed by atoms with E-state index < -0.39 is 29.7 Å². The number of hydrogen-bond donors (Lipinski definition) is 2. The van der Waals surface area contributed by atoms with E-state index in [1.165, 1.54) is 10.9 Å². The fourth-order valence-electron chi connectivity index (χ4n) is 4.54. The van der Waals surface area contributed by atoms with Crippen molar-refractivity contribution in [2.75, 3.05) is 5.32 Å². The number of aryl methyl sites for hydroxylation is 2. The zero-order valence-corrected chi connectivity index (χ0v) is 20.9. The molecule has 1 aliphatic carbocycles. The third-order valence-electron chi connectivity index (χ3n) is 6.57. The van der Waals surface area contributed by atoms with Crippen LogP contribution >= 0.6 is 11.6 Å². The van der Waals surface area contributed by atoms with Crippen LogP contribution in [0.15, 0.2) is 48.8 Å². The molecule has 4 rings (SSSR count). The van der Waals surface area contributed by atoms with E-state index in [4.69, 9.17) is 11.6 Å². The number of amides is 2. The number of benzene rings is 1. The maximum Gasteiger partial charge on any atom is 0.270 e. The monoisotopic (exact) mass is 515 g/mol. The summed E-state index contributed by atoms with van der Waals surface area (Å²) in [4.78, 5) is 30.6. The molecular formula is C26H28ClF2N5O2. The molecule has 2 N–H and O–H groups in total. The summed E-state index contributed by atoms with van der Waals surface area (Å²) >= 11 is 6.08. The van der Waals surface area contributed by atoms with Gasteiger partial charge in [-0.05, 0) is 62.4 Å². The number of aromatic nitrogens is 3. The summed E-state index contributed by atoms with van der Waals surface area (Å²) in [6.45, 7) is 4.21. The van der Waals surface area contributed by atoms with Crippen LogP contribution in [0.3, 0.4) is 0 Å². The Morgan fingerprint density at radius 1 is 1.19 bits per heavy atom. The van der Waals surface area contributed by atoms with Crippen LogP contribution in [-0.4, -0.2) is 38.5 Å². The van der Waals surface area contributed by atoms with Crippen LogP contribution in [0, 0.1) is 12.8 Å². The zero-order chi connectivity index (χ0) is 25.9. The van der Waals surface area contributed by atoms with Gasteiger partial charge in [0.1, 0.15) is 11.7 Å². The molecule has 2 amide bonds. The van der Waals surface area contributed by atoms with Gasteiger partial charge < -0.3 is 10.6 Å². The highest BCUT2D eigenvalue weighted by Gasteiger charge is 2.40. The highest BCUT2D eigenvalue weighted by atomic mass is 35.5. The van der Waals surface area contributed by atoms with Gasteiger partial charge in [0, 0.05) is 48.7 Å². The van der Waals surface area contributed by atoms with Crippen molar-refractivity contribution in [2.24, 2.45) is 5.92 Å². The first-order valence-electron chi connectivity index (χ1n) is 11.9. The number of hydrogen-bond acceptors (Lipinski definition) is 4. The molecule has 3 aromatic rings. The average molecular weight is 516 g/mol. The molecule has 7 nitrogen and oxygen atoms in total. The fourth-order valence-corrected chi connectivity index (χ4v) is 4.70. The Kier molecular flexibility index (Phi) is 7.68. The first-order valence-corrected chi connectivity index (χ1v) is 12.3. The third-order valence-corrected chi connectivity index (χ3v) is 6.77. The summed E-state index contributed by atoms with van der Waals surface area (Å²) in [5.41, 5.74) is 3.41. The van der Waals surface area contributed by atoms with Crippen LogP contribution in [0.2, 0.25) is 5.02 Å². The topological polar surface area (TPSA) is 88.9 Å². The minimum Gasteiger partial charge on any atom is -0.339 e. The molecule has 0 saturated heterocycles. The van der Waals surface area contributed by atoms with Gasteiger partial charge in [0.25, 0.3) is 5.91 Å². The quantitative estimate of drug-likeness (QED) is 0.435. The van der Waals surface area contributed by atoms with Crippen molar-refractivity contribution in [3.8, 4) is 11.1 Å². The zero-order valence-electron chi connectivity index (χ0n) is 20.1. The number of nitrogens with zero attached hydrogens (tertiary/aromatic N) is 3. The normalized spacial score (nSPS) is 16.4. The predicted octanol–water partition coefficient (Wildman–Crippen LogP) is 5.49. The van der Waals surface area contributed by atoms with Gasteiger partial charge in [0.05, 0.1) is 5.02 Å². The predicted molar refractivity (Wildman–Crippen MR) is 134 cm³/mol. The summed E-state index contributed by atoms with van der Waals surface area (Å²) in [7, 11) is 0. The second kappa shape index (κ2) is 10.7. The van der Waals surface area contributed by atoms with Crippen molar-refractivity contribution >= 4 is 29.1 Å². The van der Waals surface area contributed by atoms with Crippen molar-refractivity contribution in [1.82, 2.24) is 20.1 Å². The van der Waals surface area contributed by atoms with Crippen molar-refractivity contribution in [3.63, 3.8) is 0 Å². The molecule has 1 aliphatic rings. The summed E-state index contributed by atoms with van der Waals surface area (Å²) in [5, 5.41) is 10.2. The number of pyridine rings is 1. The Labute approximate surface area is 213 Å². The molecule has 0 spiro atoms. The highest BCUT2D eigenvalue weighted by molar-refractivity contribution is 6.30. The standard InChI is InChI=1S/C26H28ClF2N5O2/c1-3-34-22(10-13-31-34)24(35)33-23(18-8-11-26(28,29)12-9-18)25(36)32-20-6-4-17(5-7-20)21-14-19(27)15-30-16(21)2/h4-7,10,13-15,18,23H,3,8-9,11-12H2,1-2H3,(H,32,36)(H,33,35). The molecular weight excluding hydrogens is 488 g/mol. The van der Waals surface area contributed by atoms with E-state index in [0.717, 1.165) is 16.8 Å². The lowest BCUT2D eigenvalue weighted by atomic mass is 9.81. The molecule has 0 bridgehead atoms. The molecule has 1 unspecified atom stereocenters.